The van der Waals surface area contributed by atoms with Gasteiger partial charge in [0.2, 0.25) is 5.75 Å². The number of para-hydroxylation sites is 1. The van der Waals surface area contributed by atoms with Crippen LogP contribution in [0.2, 0.25) is 0 Å². The van der Waals surface area contributed by atoms with Gasteiger partial charge < -0.3 is 24.3 Å². The third-order valence-corrected chi connectivity index (χ3v) is 4.02. The van der Waals surface area contributed by atoms with Crippen molar-refractivity contribution in [2.45, 2.75) is 13.3 Å². The van der Waals surface area contributed by atoms with Crippen molar-refractivity contribution in [3.8, 4) is 17.2 Å². The van der Waals surface area contributed by atoms with Crippen molar-refractivity contribution < 1.29 is 33.3 Å². The summed E-state index contributed by atoms with van der Waals surface area (Å²) in [5.74, 6) is -0.0939. The van der Waals surface area contributed by atoms with Gasteiger partial charge in [-0.2, -0.15) is 0 Å². The van der Waals surface area contributed by atoms with Gasteiger partial charge in [0.25, 0.3) is 5.91 Å². The molecule has 1 N–H and O–H groups in total. The molecule has 0 saturated carbocycles. The fourth-order valence-corrected chi connectivity index (χ4v) is 2.69. The second-order valence-electron chi connectivity index (χ2n) is 6.02. The largest absolute Gasteiger partial charge is 0.493 e. The highest BCUT2D eigenvalue weighted by molar-refractivity contribution is 6.04. The summed E-state index contributed by atoms with van der Waals surface area (Å²) in [6.45, 7) is 0.928. The summed E-state index contributed by atoms with van der Waals surface area (Å²) in [4.78, 5) is 35.8. The molecule has 0 atom stereocenters. The van der Waals surface area contributed by atoms with Crippen molar-refractivity contribution in [1.29, 1.82) is 0 Å². The van der Waals surface area contributed by atoms with E-state index >= 15 is 0 Å². The Morgan fingerprint density at radius 2 is 1.55 bits per heavy atom. The van der Waals surface area contributed by atoms with Crippen molar-refractivity contribution >= 4 is 23.3 Å². The van der Waals surface area contributed by atoms with Crippen LogP contribution in [-0.2, 0) is 20.7 Å². The van der Waals surface area contributed by atoms with E-state index in [0.717, 1.165) is 0 Å². The molecule has 8 heteroatoms. The van der Waals surface area contributed by atoms with Crippen molar-refractivity contribution in [2.75, 3.05) is 33.3 Å². The van der Waals surface area contributed by atoms with Crippen LogP contribution in [0.4, 0.5) is 5.69 Å². The maximum atomic E-state index is 12.1. The highest BCUT2D eigenvalue weighted by Gasteiger charge is 2.16. The number of benzene rings is 2. The number of Topliss-reactive ketones (excluding diaryl/α,β-unsaturated/α-hetero) is 1. The number of carbonyl (C=O) groups excluding carboxylic acids is 3. The van der Waals surface area contributed by atoms with Gasteiger partial charge in [-0.3, -0.25) is 14.4 Å². The molecule has 2 rings (SSSR count). The first kappa shape index (κ1) is 21.7. The van der Waals surface area contributed by atoms with Gasteiger partial charge >= 0.3 is 5.97 Å². The van der Waals surface area contributed by atoms with Crippen LogP contribution in [0.1, 0.15) is 22.8 Å². The molecular formula is C21H23NO7. The Kier molecular flexibility index (Phi) is 7.59. The Hall–Kier alpha value is -3.55. The van der Waals surface area contributed by atoms with Gasteiger partial charge in [0.05, 0.1) is 33.4 Å². The molecule has 29 heavy (non-hydrogen) atoms. The maximum Gasteiger partial charge on any atom is 0.310 e. The molecule has 0 radical (unpaired) electrons. The smallest absolute Gasteiger partial charge is 0.310 e. The molecule has 0 fully saturated rings. The summed E-state index contributed by atoms with van der Waals surface area (Å²) < 4.78 is 20.8. The van der Waals surface area contributed by atoms with E-state index in [1.165, 1.54) is 28.3 Å². The summed E-state index contributed by atoms with van der Waals surface area (Å²) in [6.07, 6.45) is -0.0893. The standard InChI is InChI=1S/C21H23NO7/c1-13(23)15-7-5-6-8-16(15)22-19(24)12-29-20(25)11-14-9-17(26-2)21(28-4)18(10-14)27-3/h5-10H,11-12H2,1-4H3,(H,22,24). The van der Waals surface area contributed by atoms with Crippen LogP contribution >= 0.6 is 0 Å². The van der Waals surface area contributed by atoms with Gasteiger partial charge in [-0.25, -0.2) is 0 Å². The van der Waals surface area contributed by atoms with Crippen LogP contribution in [-0.4, -0.2) is 45.6 Å². The van der Waals surface area contributed by atoms with Gasteiger partial charge in [-0.1, -0.05) is 12.1 Å². The Morgan fingerprint density at radius 3 is 2.10 bits per heavy atom. The predicted octanol–water partition coefficient (Wildman–Crippen LogP) is 2.64. The lowest BCUT2D eigenvalue weighted by Crippen LogP contribution is -2.22. The quantitative estimate of drug-likeness (QED) is 0.509. The monoisotopic (exact) mass is 401 g/mol. The number of esters is 1. The summed E-state index contributed by atoms with van der Waals surface area (Å²) >= 11 is 0. The molecule has 154 valence electrons. The van der Waals surface area contributed by atoms with Gasteiger partial charge in [-0.15, -0.1) is 0 Å². The van der Waals surface area contributed by atoms with Gasteiger partial charge in [0.15, 0.2) is 23.9 Å². The number of ether oxygens (including phenoxy) is 4. The topological polar surface area (TPSA) is 100 Å². The van der Waals surface area contributed by atoms with E-state index in [9.17, 15) is 14.4 Å². The van der Waals surface area contributed by atoms with Crippen LogP contribution in [0, 0.1) is 0 Å². The molecule has 0 saturated heterocycles. The van der Waals surface area contributed by atoms with Crippen LogP contribution in [0.5, 0.6) is 17.2 Å². The number of amides is 1. The molecule has 0 aliphatic carbocycles. The lowest BCUT2D eigenvalue weighted by Gasteiger charge is -2.14. The van der Waals surface area contributed by atoms with Crippen LogP contribution in [0.3, 0.4) is 0 Å². The average Bonchev–Trinajstić information content (AvgIpc) is 2.71. The summed E-state index contributed by atoms with van der Waals surface area (Å²) in [5.41, 5.74) is 1.32. The molecule has 8 nitrogen and oxygen atoms in total. The van der Waals surface area contributed by atoms with Crippen molar-refractivity contribution in [3.05, 3.63) is 47.5 Å². The molecule has 1 amide bonds. The molecule has 0 heterocycles. The van der Waals surface area contributed by atoms with E-state index in [4.69, 9.17) is 18.9 Å². The number of methoxy groups -OCH3 is 3. The molecule has 0 unspecified atom stereocenters. The first-order valence-corrected chi connectivity index (χ1v) is 8.74. The summed E-state index contributed by atoms with van der Waals surface area (Å²) in [5, 5.41) is 2.57. The number of hydrogen-bond donors (Lipinski definition) is 1. The Labute approximate surface area is 168 Å². The van der Waals surface area contributed by atoms with Crippen molar-refractivity contribution in [1.82, 2.24) is 0 Å². The van der Waals surface area contributed by atoms with E-state index in [0.29, 0.717) is 34.1 Å². The molecule has 0 aromatic heterocycles. The van der Waals surface area contributed by atoms with Gasteiger partial charge in [-0.05, 0) is 36.8 Å². The number of nitrogens with one attached hydrogen (secondary N) is 1. The van der Waals surface area contributed by atoms with Gasteiger partial charge in [0, 0.05) is 5.56 Å². The zero-order valence-corrected chi connectivity index (χ0v) is 16.7. The molecule has 0 bridgehead atoms. The fraction of sp³-hybridized carbons (Fsp3) is 0.286. The predicted molar refractivity (Wildman–Crippen MR) is 106 cm³/mol. The average molecular weight is 401 g/mol. The van der Waals surface area contributed by atoms with Crippen LogP contribution in [0.15, 0.2) is 36.4 Å². The normalized spacial score (nSPS) is 10.1. The Bertz CT molecular complexity index is 883. The minimum absolute atomic E-state index is 0.0893. The number of carbonyl (C=O) groups is 3. The second-order valence-corrected chi connectivity index (χ2v) is 6.02. The number of rotatable bonds is 9. The molecule has 0 spiro atoms. The van der Waals surface area contributed by atoms with E-state index in [1.54, 1.807) is 36.4 Å². The lowest BCUT2D eigenvalue weighted by atomic mass is 10.1. The molecule has 2 aromatic carbocycles. The van der Waals surface area contributed by atoms with E-state index in [-0.39, 0.29) is 12.2 Å². The lowest BCUT2D eigenvalue weighted by molar-refractivity contribution is -0.146. The molecule has 2 aromatic rings. The molecule has 0 aliphatic heterocycles. The number of anilines is 1. The van der Waals surface area contributed by atoms with E-state index in [2.05, 4.69) is 5.32 Å². The minimum Gasteiger partial charge on any atom is -0.493 e. The zero-order chi connectivity index (χ0) is 21.4. The van der Waals surface area contributed by atoms with Crippen molar-refractivity contribution in [3.63, 3.8) is 0 Å². The third-order valence-electron chi connectivity index (χ3n) is 4.02. The maximum absolute atomic E-state index is 12.1. The molecular weight excluding hydrogens is 378 g/mol. The fourth-order valence-electron chi connectivity index (χ4n) is 2.69. The first-order valence-electron chi connectivity index (χ1n) is 8.74. The number of ketones is 1. The first-order chi connectivity index (χ1) is 13.9. The zero-order valence-electron chi connectivity index (χ0n) is 16.7. The highest BCUT2D eigenvalue weighted by atomic mass is 16.5. The van der Waals surface area contributed by atoms with E-state index in [1.807, 2.05) is 0 Å². The SMILES string of the molecule is COc1cc(CC(=O)OCC(=O)Nc2ccccc2C(C)=O)cc(OC)c1OC. The summed E-state index contributed by atoms with van der Waals surface area (Å²) in [6, 6.07) is 9.86. The minimum atomic E-state index is -0.603. The van der Waals surface area contributed by atoms with Gasteiger partial charge in [0.1, 0.15) is 0 Å². The third kappa shape index (κ3) is 5.71. The van der Waals surface area contributed by atoms with Crippen LogP contribution < -0.4 is 19.5 Å². The van der Waals surface area contributed by atoms with Crippen molar-refractivity contribution in [2.24, 2.45) is 0 Å². The summed E-state index contributed by atoms with van der Waals surface area (Å²) in [7, 11) is 4.43. The van der Waals surface area contributed by atoms with Crippen LogP contribution in [0.25, 0.3) is 0 Å². The van der Waals surface area contributed by atoms with E-state index < -0.39 is 18.5 Å². The molecule has 0 aliphatic rings. The Morgan fingerprint density at radius 1 is 0.931 bits per heavy atom. The second kappa shape index (κ2) is 10.1. The highest BCUT2D eigenvalue weighted by Crippen LogP contribution is 2.38. The Balaban J connectivity index is 1.98. The number of hydrogen-bond acceptors (Lipinski definition) is 7.